The third-order valence-corrected chi connectivity index (χ3v) is 0.654. The van der Waals surface area contributed by atoms with Gasteiger partial charge in [-0.3, -0.25) is 0 Å². The third-order valence-electron chi connectivity index (χ3n) is 0.332. The molecule has 0 radical (unpaired) electrons. The van der Waals surface area contributed by atoms with Crippen LogP contribution in [0.3, 0.4) is 0 Å². The highest BCUT2D eigenvalue weighted by Gasteiger charge is 1.64. The van der Waals surface area contributed by atoms with Crippen molar-refractivity contribution in [2.45, 2.75) is 0 Å². The van der Waals surface area contributed by atoms with Crippen LogP contribution in [0.15, 0.2) is 40.9 Å². The van der Waals surface area contributed by atoms with E-state index in [1.165, 1.54) is 4.22 Å². The maximum atomic E-state index is 4.06. The average Bonchev–Trinajstić information content (AvgIpc) is 2.03. The molecule has 8 nitrogen and oxygen atoms in total. The minimum atomic E-state index is 1.41. The summed E-state index contributed by atoms with van der Waals surface area (Å²) >= 11 is 5.93. The largest absolute Gasteiger partial charge is 0.131 e. The first-order valence-electron chi connectivity index (χ1n) is 2.06. The van der Waals surface area contributed by atoms with Gasteiger partial charge in [-0.15, -0.1) is 5.10 Å². The Hall–Kier alpha value is -0.780. The van der Waals surface area contributed by atoms with Crippen LogP contribution in [0.2, 0.25) is 0 Å². The maximum absolute atomic E-state index is 4.06. The fourth-order valence-corrected chi connectivity index (χ4v) is 0.275. The summed E-state index contributed by atoms with van der Waals surface area (Å²) in [5.74, 6) is 0. The van der Waals surface area contributed by atoms with Gasteiger partial charge in [0, 0.05) is 0 Å². The molecule has 0 amide bonds. The number of hydrogen-bond acceptors (Lipinski definition) is 2. The molecule has 0 atom stereocenters. The summed E-state index contributed by atoms with van der Waals surface area (Å²) in [5, 5.41) is 21.6. The van der Waals surface area contributed by atoms with Crippen molar-refractivity contribution in [1.82, 2.24) is 0 Å². The standard InChI is InChI=1S/CHIN8S/c2-1-3-4-5-6-7-8-9-10-11/h1H/b3-1+,5-4+,7-6+,9-8+. The molecule has 0 saturated heterocycles. The summed E-state index contributed by atoms with van der Waals surface area (Å²) in [6.45, 7) is 0. The van der Waals surface area contributed by atoms with Gasteiger partial charge in [0.25, 0.3) is 0 Å². The van der Waals surface area contributed by atoms with Crippen molar-refractivity contribution in [2.75, 3.05) is 0 Å². The first-order valence-corrected chi connectivity index (χ1v) is 3.67. The molecular weight excluding hydrogens is 283 g/mol. The van der Waals surface area contributed by atoms with Crippen molar-refractivity contribution in [3.05, 3.63) is 0 Å². The van der Waals surface area contributed by atoms with Crippen LogP contribution in [0.1, 0.15) is 0 Å². The van der Waals surface area contributed by atoms with E-state index in [9.17, 15) is 0 Å². The maximum Gasteiger partial charge on any atom is 0.0897 e. The predicted molar refractivity (Wildman–Crippen MR) is 46.9 cm³/mol. The summed E-state index contributed by atoms with van der Waals surface area (Å²) in [4.78, 5) is 0. The molecular formula is CHIN8S. The number of rotatable bonds is 4. The Kier molecular flexibility index (Phi) is 8.57. The molecule has 0 heterocycles. The van der Waals surface area contributed by atoms with Gasteiger partial charge in [0.1, 0.15) is 0 Å². The lowest BCUT2D eigenvalue weighted by Crippen LogP contribution is -1.49. The zero-order chi connectivity index (χ0) is 8.36. The molecule has 58 valence electrons. The normalized spacial score (nSPS) is 12.8. The monoisotopic (exact) mass is 284 g/mol. The quantitative estimate of drug-likeness (QED) is 0.336. The Morgan fingerprint density at radius 2 is 1.45 bits per heavy atom. The molecule has 0 rings (SSSR count). The number of hydrogen-bond donors (Lipinski definition) is 0. The Morgan fingerprint density at radius 1 is 0.909 bits per heavy atom. The van der Waals surface area contributed by atoms with Crippen molar-refractivity contribution in [2.24, 2.45) is 40.9 Å². The topological polar surface area (TPSA) is 98.9 Å². The van der Waals surface area contributed by atoms with E-state index in [1.54, 1.807) is 0 Å². The van der Waals surface area contributed by atoms with Crippen molar-refractivity contribution in [1.29, 1.82) is 0 Å². The Morgan fingerprint density at radius 3 is 2.00 bits per heavy atom. The van der Waals surface area contributed by atoms with Crippen molar-refractivity contribution in [3.63, 3.8) is 0 Å². The van der Waals surface area contributed by atoms with E-state index in [2.05, 4.69) is 53.3 Å². The van der Waals surface area contributed by atoms with Crippen LogP contribution in [-0.4, -0.2) is 4.22 Å². The smallest absolute Gasteiger partial charge is 0.0897 e. The van der Waals surface area contributed by atoms with E-state index in [0.717, 1.165) is 0 Å². The second-order valence-corrected chi connectivity index (χ2v) is 1.55. The first-order chi connectivity index (χ1) is 5.41. The molecule has 0 aromatic carbocycles. The van der Waals surface area contributed by atoms with E-state index in [-0.39, 0.29) is 0 Å². The molecule has 0 aromatic heterocycles. The fraction of sp³-hybridized carbons (Fsp3) is 0. The highest BCUT2D eigenvalue weighted by Crippen LogP contribution is 1.84. The van der Waals surface area contributed by atoms with Crippen LogP contribution >= 0.6 is 22.6 Å². The number of nitrogens with zero attached hydrogens (tertiary/aromatic N) is 8. The third kappa shape index (κ3) is 9.22. The molecule has 0 bridgehead atoms. The van der Waals surface area contributed by atoms with Crippen LogP contribution < -0.4 is 0 Å². The summed E-state index contributed by atoms with van der Waals surface area (Å²) in [6, 6.07) is 0. The van der Waals surface area contributed by atoms with Crippen LogP contribution in [0.25, 0.3) is 0 Å². The highest BCUT2D eigenvalue weighted by atomic mass is 127. The Bertz CT molecular complexity index is 204. The molecule has 0 spiro atoms. The molecule has 0 saturated carbocycles. The van der Waals surface area contributed by atoms with Gasteiger partial charge < -0.3 is 0 Å². The zero-order valence-electron chi connectivity index (χ0n) is 4.94. The van der Waals surface area contributed by atoms with Gasteiger partial charge in [0.15, 0.2) is 0 Å². The number of halogens is 1. The van der Waals surface area contributed by atoms with Crippen LogP contribution in [0, 0.1) is 0 Å². The van der Waals surface area contributed by atoms with Gasteiger partial charge in [-0.2, -0.15) is 0 Å². The molecule has 0 aliphatic rings. The van der Waals surface area contributed by atoms with Crippen LogP contribution in [0.5, 0.6) is 0 Å². The zero-order valence-corrected chi connectivity index (χ0v) is 7.92. The lowest BCUT2D eigenvalue weighted by Gasteiger charge is -1.67. The van der Waals surface area contributed by atoms with Gasteiger partial charge in [-0.05, 0) is 53.9 Å². The first kappa shape index (κ1) is 10.2. The summed E-state index contributed by atoms with van der Waals surface area (Å²) in [5.41, 5.74) is 0. The van der Waals surface area contributed by atoms with Gasteiger partial charge in [-0.25, -0.2) is 0 Å². The Balaban J connectivity index is 3.59. The van der Waals surface area contributed by atoms with E-state index in [4.69, 9.17) is 0 Å². The van der Waals surface area contributed by atoms with E-state index < -0.39 is 0 Å². The van der Waals surface area contributed by atoms with E-state index in [1.807, 2.05) is 22.6 Å². The van der Waals surface area contributed by atoms with Crippen molar-refractivity contribution < 1.29 is 0 Å². The minimum Gasteiger partial charge on any atom is -0.131 e. The molecule has 0 aliphatic carbocycles. The van der Waals surface area contributed by atoms with Crippen molar-refractivity contribution in [3.8, 4) is 0 Å². The van der Waals surface area contributed by atoms with Gasteiger partial charge in [0.2, 0.25) is 0 Å². The molecule has 0 unspecified atom stereocenters. The fourth-order valence-electron chi connectivity index (χ4n) is 0.130. The highest BCUT2D eigenvalue weighted by molar-refractivity contribution is 14.1. The molecule has 0 N–H and O–H groups in total. The lowest BCUT2D eigenvalue weighted by atomic mass is 11.7. The molecule has 0 aromatic rings. The van der Waals surface area contributed by atoms with Crippen LogP contribution in [0.4, 0.5) is 0 Å². The van der Waals surface area contributed by atoms with Gasteiger partial charge in [0.05, 0.1) is 16.6 Å². The molecule has 0 fully saturated rings. The second-order valence-electron chi connectivity index (χ2n) is 0.831. The van der Waals surface area contributed by atoms with E-state index >= 15 is 0 Å². The summed E-state index contributed by atoms with van der Waals surface area (Å²) < 4.78 is 4.27. The second kappa shape index (κ2) is 9.22. The summed E-state index contributed by atoms with van der Waals surface area (Å²) in [7, 11) is 0. The van der Waals surface area contributed by atoms with Gasteiger partial charge in [-0.1, -0.05) is 4.47 Å². The SMILES string of the molecule is S=N/N=N/N=N/N=N/N=C/I. The van der Waals surface area contributed by atoms with Gasteiger partial charge >= 0.3 is 0 Å². The average molecular weight is 284 g/mol. The van der Waals surface area contributed by atoms with Crippen LogP contribution in [-0.2, 0) is 12.4 Å². The Labute approximate surface area is 80.2 Å². The molecule has 11 heavy (non-hydrogen) atoms. The lowest BCUT2D eigenvalue weighted by molar-refractivity contribution is 0.811. The molecule has 0 aliphatic heterocycles. The van der Waals surface area contributed by atoms with Crippen molar-refractivity contribution >= 4 is 39.2 Å². The molecule has 10 heteroatoms. The minimum absolute atomic E-state index is 1.41. The predicted octanol–water partition coefficient (Wildman–Crippen LogP) is 2.20. The van der Waals surface area contributed by atoms with E-state index in [0.29, 0.717) is 0 Å². The summed E-state index contributed by atoms with van der Waals surface area (Å²) in [6.07, 6.45) is 0.